The third-order valence-corrected chi connectivity index (χ3v) is 5.93. The van der Waals surface area contributed by atoms with Crippen LogP contribution >= 0.6 is 0 Å². The van der Waals surface area contributed by atoms with Gasteiger partial charge < -0.3 is 13.8 Å². The summed E-state index contributed by atoms with van der Waals surface area (Å²) >= 11 is 0. The average molecular weight is 455 g/mol. The summed E-state index contributed by atoms with van der Waals surface area (Å²) in [6, 6.07) is 8.32. The Morgan fingerprint density at radius 2 is 2.06 bits per heavy atom. The van der Waals surface area contributed by atoms with Crippen LogP contribution in [0.3, 0.4) is 0 Å². The second-order valence-electron chi connectivity index (χ2n) is 8.85. The molecule has 0 saturated carbocycles. The van der Waals surface area contributed by atoms with Crippen molar-refractivity contribution in [3.05, 3.63) is 53.3 Å². The van der Waals surface area contributed by atoms with E-state index in [1.54, 1.807) is 24.4 Å². The first-order valence-corrected chi connectivity index (χ1v) is 10.5. The fourth-order valence-corrected chi connectivity index (χ4v) is 4.52. The first-order chi connectivity index (χ1) is 15.6. The van der Waals surface area contributed by atoms with Crippen molar-refractivity contribution in [2.75, 3.05) is 6.61 Å². The molecule has 0 bridgehead atoms. The van der Waals surface area contributed by atoms with Gasteiger partial charge in [-0.3, -0.25) is 4.98 Å². The zero-order valence-electron chi connectivity index (χ0n) is 18.0. The van der Waals surface area contributed by atoms with Gasteiger partial charge in [0, 0.05) is 24.1 Å². The minimum absolute atomic E-state index is 0.000852. The maximum Gasteiger partial charge on any atom is 0.452 e. The molecule has 1 aromatic carbocycles. The third kappa shape index (κ3) is 3.93. The predicted octanol–water partition coefficient (Wildman–Crippen LogP) is 5.18. The van der Waals surface area contributed by atoms with Crippen LogP contribution in [0.1, 0.15) is 55.6 Å². The molecule has 1 aliphatic rings. The van der Waals surface area contributed by atoms with E-state index in [1.165, 1.54) is 0 Å². The van der Waals surface area contributed by atoms with Crippen molar-refractivity contribution >= 4 is 21.9 Å². The van der Waals surface area contributed by atoms with Crippen LogP contribution in [0.4, 0.5) is 13.2 Å². The molecule has 7 nitrogen and oxygen atoms in total. The smallest absolute Gasteiger partial charge is 0.375 e. The number of benzene rings is 1. The van der Waals surface area contributed by atoms with Crippen LogP contribution in [0, 0.1) is 11.3 Å². The van der Waals surface area contributed by atoms with Gasteiger partial charge in [-0.15, -0.1) is 0 Å². The van der Waals surface area contributed by atoms with E-state index < -0.39 is 11.9 Å². The van der Waals surface area contributed by atoms with Gasteiger partial charge in [-0.25, -0.2) is 4.98 Å². The number of aromatic nitrogens is 4. The number of alkyl halides is 3. The van der Waals surface area contributed by atoms with Crippen molar-refractivity contribution in [2.24, 2.45) is 0 Å². The monoisotopic (exact) mass is 455 g/mol. The Bertz CT molecular complexity index is 1400. The minimum atomic E-state index is -4.61. The van der Waals surface area contributed by atoms with E-state index in [9.17, 15) is 18.4 Å². The number of nitriles is 1. The molecule has 1 aliphatic heterocycles. The molecular formula is C23H20F3N5O2. The molecule has 4 heterocycles. The van der Waals surface area contributed by atoms with Crippen LogP contribution in [0.2, 0.25) is 0 Å². The fraction of sp³-hybridized carbons (Fsp3) is 0.391. The highest BCUT2D eigenvalue weighted by Gasteiger charge is 2.37. The van der Waals surface area contributed by atoms with Gasteiger partial charge in [-0.1, -0.05) is 5.16 Å². The summed E-state index contributed by atoms with van der Waals surface area (Å²) in [6.07, 6.45) is -1.48. The predicted molar refractivity (Wildman–Crippen MR) is 112 cm³/mol. The molecule has 170 valence electrons. The van der Waals surface area contributed by atoms with Gasteiger partial charge in [-0.2, -0.15) is 18.4 Å². The van der Waals surface area contributed by atoms with Crippen molar-refractivity contribution in [3.8, 4) is 6.07 Å². The van der Waals surface area contributed by atoms with Crippen LogP contribution in [0.25, 0.3) is 21.9 Å². The van der Waals surface area contributed by atoms with E-state index >= 15 is 0 Å². The average Bonchev–Trinajstić information content (AvgIpc) is 3.37. The van der Waals surface area contributed by atoms with E-state index in [4.69, 9.17) is 9.72 Å². The van der Waals surface area contributed by atoms with E-state index in [1.807, 2.05) is 13.8 Å². The fourth-order valence-electron chi connectivity index (χ4n) is 4.52. The molecule has 0 amide bonds. The number of halogens is 3. The molecule has 3 aromatic heterocycles. The first kappa shape index (κ1) is 21.4. The molecule has 0 radical (unpaired) electrons. The van der Waals surface area contributed by atoms with Gasteiger partial charge in [0.25, 0.3) is 0 Å². The summed E-state index contributed by atoms with van der Waals surface area (Å²) in [4.78, 5) is 9.19. The Labute approximate surface area is 186 Å². The quantitative estimate of drug-likeness (QED) is 0.423. The second-order valence-corrected chi connectivity index (χ2v) is 8.85. The molecule has 1 saturated heterocycles. The van der Waals surface area contributed by atoms with E-state index in [2.05, 4.69) is 25.3 Å². The highest BCUT2D eigenvalue weighted by molar-refractivity contribution is 6.02. The van der Waals surface area contributed by atoms with Gasteiger partial charge in [0.2, 0.25) is 5.76 Å². The molecule has 10 heteroatoms. The number of nitrogens with zero attached hydrogens (tertiary/aromatic N) is 5. The van der Waals surface area contributed by atoms with Crippen molar-refractivity contribution in [1.82, 2.24) is 19.7 Å². The molecule has 1 atom stereocenters. The first-order valence-electron chi connectivity index (χ1n) is 10.5. The van der Waals surface area contributed by atoms with Gasteiger partial charge in [0.15, 0.2) is 0 Å². The molecule has 4 aromatic rings. The zero-order valence-corrected chi connectivity index (χ0v) is 18.0. The van der Waals surface area contributed by atoms with Gasteiger partial charge in [-0.05, 0) is 44.9 Å². The van der Waals surface area contributed by atoms with Crippen LogP contribution in [-0.4, -0.2) is 31.9 Å². The lowest BCUT2D eigenvalue weighted by Crippen LogP contribution is -2.35. The van der Waals surface area contributed by atoms with E-state index in [0.717, 1.165) is 23.4 Å². The SMILES string of the molecule is CC1(C)CC(n2c(Cc3cc(C(F)(F)F)on3)nc3cnc4ccc(C#N)cc4c32)CCO1. The lowest BCUT2D eigenvalue weighted by Gasteiger charge is -2.37. The zero-order chi connectivity index (χ0) is 23.4. The molecule has 0 aliphatic carbocycles. The topological polar surface area (TPSA) is 89.8 Å². The Morgan fingerprint density at radius 1 is 1.24 bits per heavy atom. The lowest BCUT2D eigenvalue weighted by atomic mass is 9.93. The number of hydrogen-bond acceptors (Lipinski definition) is 6. The number of fused-ring (bicyclic) bond motifs is 3. The maximum absolute atomic E-state index is 13.0. The normalized spacial score (nSPS) is 18.6. The summed E-state index contributed by atoms with van der Waals surface area (Å²) in [7, 11) is 0. The summed E-state index contributed by atoms with van der Waals surface area (Å²) in [6.45, 7) is 4.57. The molecule has 33 heavy (non-hydrogen) atoms. The summed E-state index contributed by atoms with van der Waals surface area (Å²) < 4.78 is 51.5. The van der Waals surface area contributed by atoms with Crippen molar-refractivity contribution < 1.29 is 22.4 Å². The molecule has 0 N–H and O–H groups in total. The summed E-state index contributed by atoms with van der Waals surface area (Å²) in [5.41, 5.74) is 2.38. The van der Waals surface area contributed by atoms with Gasteiger partial charge >= 0.3 is 6.18 Å². The summed E-state index contributed by atoms with van der Waals surface area (Å²) in [5, 5.41) is 13.8. The molecule has 5 rings (SSSR count). The van der Waals surface area contributed by atoms with Crippen molar-refractivity contribution in [2.45, 2.75) is 50.9 Å². The molecule has 0 spiro atoms. The number of hydrogen-bond donors (Lipinski definition) is 0. The molecule has 1 unspecified atom stereocenters. The minimum Gasteiger partial charge on any atom is -0.375 e. The Kier molecular flexibility index (Phi) is 4.90. The Morgan fingerprint density at radius 3 is 2.76 bits per heavy atom. The maximum atomic E-state index is 13.0. The Hall–Kier alpha value is -3.45. The summed E-state index contributed by atoms with van der Waals surface area (Å²) in [5.74, 6) is -0.579. The number of rotatable bonds is 3. The Balaban J connectivity index is 1.70. The molecular weight excluding hydrogens is 435 g/mol. The highest BCUT2D eigenvalue weighted by atomic mass is 19.4. The van der Waals surface area contributed by atoms with Gasteiger partial charge in [0.05, 0.1) is 46.6 Å². The van der Waals surface area contributed by atoms with Crippen molar-refractivity contribution in [1.29, 1.82) is 5.26 Å². The number of imidazole rings is 1. The molecule has 1 fully saturated rings. The van der Waals surface area contributed by atoms with Crippen LogP contribution in [-0.2, 0) is 17.3 Å². The van der Waals surface area contributed by atoms with Gasteiger partial charge in [0.1, 0.15) is 11.3 Å². The number of ether oxygens (including phenoxy) is 1. The van der Waals surface area contributed by atoms with Crippen LogP contribution < -0.4 is 0 Å². The number of pyridine rings is 1. The largest absolute Gasteiger partial charge is 0.452 e. The second kappa shape index (κ2) is 7.56. The van der Waals surface area contributed by atoms with Crippen molar-refractivity contribution in [3.63, 3.8) is 0 Å². The highest BCUT2D eigenvalue weighted by Crippen LogP contribution is 2.38. The van der Waals surface area contributed by atoms with Crippen LogP contribution in [0.5, 0.6) is 0 Å². The standard InChI is InChI=1S/C23H20F3N5O2/c1-22(2)10-15(5-6-32-22)31-20(9-14-8-19(33-30-14)23(24,25)26)29-18-12-28-17-4-3-13(11-27)7-16(17)21(18)31/h3-4,7-8,12,15H,5-6,9-10H2,1-2H3. The van der Waals surface area contributed by atoms with E-state index in [0.29, 0.717) is 35.4 Å². The van der Waals surface area contributed by atoms with Crippen LogP contribution in [0.15, 0.2) is 35.0 Å². The lowest BCUT2D eigenvalue weighted by molar-refractivity contribution is -0.155. The third-order valence-electron chi connectivity index (χ3n) is 5.93. The van der Waals surface area contributed by atoms with E-state index in [-0.39, 0.29) is 23.8 Å².